The van der Waals surface area contributed by atoms with Crippen molar-refractivity contribution in [3.05, 3.63) is 41.5 Å². The Labute approximate surface area is 244 Å². The van der Waals surface area contributed by atoms with Crippen molar-refractivity contribution in [1.82, 2.24) is 0 Å². The van der Waals surface area contributed by atoms with Gasteiger partial charge in [-0.1, -0.05) is 51.3 Å². The number of rotatable bonds is 13. The number of aliphatic hydroxyl groups excluding tert-OH is 1. The lowest BCUT2D eigenvalue weighted by atomic mass is 9.68. The van der Waals surface area contributed by atoms with E-state index in [2.05, 4.69) is 31.7 Å². The Hall–Kier alpha value is -1.81. The van der Waals surface area contributed by atoms with Crippen molar-refractivity contribution in [3.8, 4) is 5.75 Å². The Morgan fingerprint density at radius 1 is 0.850 bits per heavy atom. The van der Waals surface area contributed by atoms with E-state index < -0.39 is 0 Å². The van der Waals surface area contributed by atoms with Gasteiger partial charge >= 0.3 is 5.97 Å². The molecule has 0 aliphatic heterocycles. The Morgan fingerprint density at radius 2 is 1.48 bits per heavy atom. The van der Waals surface area contributed by atoms with Crippen molar-refractivity contribution in [2.75, 3.05) is 19.8 Å². The molecule has 0 saturated heterocycles. The van der Waals surface area contributed by atoms with Gasteiger partial charge in [0.25, 0.3) is 0 Å². The molecule has 4 heteroatoms. The summed E-state index contributed by atoms with van der Waals surface area (Å²) in [7, 11) is 0. The van der Waals surface area contributed by atoms with Crippen molar-refractivity contribution < 1.29 is 19.4 Å². The third kappa shape index (κ3) is 8.84. The minimum absolute atomic E-state index is 0.253. The fourth-order valence-electron chi connectivity index (χ4n) is 7.89. The van der Waals surface area contributed by atoms with Gasteiger partial charge in [-0.25, -0.2) is 4.79 Å². The first-order chi connectivity index (χ1) is 19.5. The number of hydrogen-bond donors (Lipinski definition) is 1. The van der Waals surface area contributed by atoms with Crippen molar-refractivity contribution in [2.45, 2.75) is 128 Å². The lowest BCUT2D eigenvalue weighted by Crippen LogP contribution is -2.26. The second kappa shape index (κ2) is 16.0. The summed E-state index contributed by atoms with van der Waals surface area (Å²) in [6.07, 6.45) is 20.8. The normalized spacial score (nSPS) is 29.1. The van der Waals surface area contributed by atoms with Crippen LogP contribution in [0.5, 0.6) is 5.75 Å². The highest BCUT2D eigenvalue weighted by molar-refractivity contribution is 5.86. The summed E-state index contributed by atoms with van der Waals surface area (Å²) in [6, 6.07) is 7.10. The van der Waals surface area contributed by atoms with Gasteiger partial charge in [0.1, 0.15) is 19.0 Å². The van der Waals surface area contributed by atoms with Crippen LogP contribution in [-0.4, -0.2) is 30.9 Å². The molecule has 224 valence electrons. The largest absolute Gasteiger partial charge is 0.490 e. The van der Waals surface area contributed by atoms with E-state index in [0.29, 0.717) is 36.5 Å². The summed E-state index contributed by atoms with van der Waals surface area (Å²) in [4.78, 5) is 11.8. The van der Waals surface area contributed by atoms with Crippen LogP contribution in [0.1, 0.15) is 140 Å². The highest BCUT2D eigenvalue weighted by Gasteiger charge is 2.32. The monoisotopic (exact) mass is 552 g/mol. The van der Waals surface area contributed by atoms with Gasteiger partial charge in [0.05, 0.1) is 0 Å². The average Bonchev–Trinajstić information content (AvgIpc) is 3.00. The zero-order valence-electron chi connectivity index (χ0n) is 25.5. The van der Waals surface area contributed by atoms with Crippen LogP contribution in [0.25, 0.3) is 0 Å². The van der Waals surface area contributed by atoms with Gasteiger partial charge < -0.3 is 14.6 Å². The zero-order chi connectivity index (χ0) is 28.3. The third-order valence-electron chi connectivity index (χ3n) is 10.5. The Bertz CT molecular complexity index is 915. The first-order valence-corrected chi connectivity index (χ1v) is 16.7. The zero-order valence-corrected chi connectivity index (χ0v) is 25.5. The summed E-state index contributed by atoms with van der Waals surface area (Å²) in [5, 5.41) is 9.50. The van der Waals surface area contributed by atoms with Crippen LogP contribution in [0, 0.1) is 23.7 Å². The quantitative estimate of drug-likeness (QED) is 0.151. The molecule has 0 unspecified atom stereocenters. The molecule has 40 heavy (non-hydrogen) atoms. The molecular formula is C36H56O4. The van der Waals surface area contributed by atoms with E-state index >= 15 is 0 Å². The van der Waals surface area contributed by atoms with Gasteiger partial charge in [0.2, 0.25) is 0 Å². The van der Waals surface area contributed by atoms with Crippen LogP contribution in [0.2, 0.25) is 0 Å². The maximum Gasteiger partial charge on any atom is 0.333 e. The highest BCUT2D eigenvalue weighted by atomic mass is 16.6. The average molecular weight is 553 g/mol. The minimum atomic E-state index is -0.347. The standard InChI is InChI=1S/C36H56O4/c1-4-5-6-7-27-8-14-32(15-9-27)34-21-20-33(24-35(34)39-22-23-40-36(38)26(2)3)31-18-16-30(17-19-31)29-12-10-28(25-37)11-13-29/h20-21,24,27-32,37H,2,4-19,22-23,25H2,1,3H3. The van der Waals surface area contributed by atoms with E-state index in [4.69, 9.17) is 9.47 Å². The van der Waals surface area contributed by atoms with Crippen LogP contribution in [0.15, 0.2) is 30.4 Å². The predicted octanol–water partition coefficient (Wildman–Crippen LogP) is 9.11. The van der Waals surface area contributed by atoms with Gasteiger partial charge in [0.15, 0.2) is 0 Å². The molecule has 3 aliphatic rings. The van der Waals surface area contributed by atoms with Crippen LogP contribution >= 0.6 is 0 Å². The lowest BCUT2D eigenvalue weighted by molar-refractivity contribution is -0.139. The fraction of sp³-hybridized carbons (Fsp3) is 0.750. The number of hydrogen-bond acceptors (Lipinski definition) is 4. The molecule has 0 atom stereocenters. The fourth-order valence-corrected chi connectivity index (χ4v) is 7.89. The van der Waals surface area contributed by atoms with Crippen molar-refractivity contribution in [3.63, 3.8) is 0 Å². The van der Waals surface area contributed by atoms with Gasteiger partial charge in [0, 0.05) is 12.2 Å². The smallest absolute Gasteiger partial charge is 0.333 e. The maximum atomic E-state index is 11.8. The molecule has 0 spiro atoms. The summed E-state index contributed by atoms with van der Waals surface area (Å²) >= 11 is 0. The van der Waals surface area contributed by atoms with E-state index in [1.807, 2.05) is 0 Å². The SMILES string of the molecule is C=C(C)C(=O)OCCOc1cc(C2CCC(C3CCC(CO)CC3)CC2)ccc1C1CCC(CCCCC)CC1. The third-order valence-corrected chi connectivity index (χ3v) is 10.5. The van der Waals surface area contributed by atoms with E-state index in [1.54, 1.807) is 6.92 Å². The molecule has 4 rings (SSSR count). The molecule has 3 fully saturated rings. The van der Waals surface area contributed by atoms with Crippen molar-refractivity contribution in [2.24, 2.45) is 23.7 Å². The number of benzene rings is 1. The molecule has 3 saturated carbocycles. The molecule has 0 aromatic heterocycles. The second-order valence-corrected chi connectivity index (χ2v) is 13.4. The lowest BCUT2D eigenvalue weighted by Gasteiger charge is -2.38. The summed E-state index contributed by atoms with van der Waals surface area (Å²) in [5.41, 5.74) is 3.21. The number of ether oxygens (including phenoxy) is 2. The number of carbonyl (C=O) groups is 1. The van der Waals surface area contributed by atoms with Gasteiger partial charge in [-0.05, 0) is 137 Å². The molecule has 4 nitrogen and oxygen atoms in total. The highest BCUT2D eigenvalue weighted by Crippen LogP contribution is 2.46. The van der Waals surface area contributed by atoms with Gasteiger partial charge in [-0.15, -0.1) is 0 Å². The number of unbranched alkanes of at least 4 members (excludes halogenated alkanes) is 2. The van der Waals surface area contributed by atoms with Crippen LogP contribution in [0.4, 0.5) is 0 Å². The predicted molar refractivity (Wildman–Crippen MR) is 164 cm³/mol. The summed E-state index contributed by atoms with van der Waals surface area (Å²) in [5.74, 6) is 5.01. The first-order valence-electron chi connectivity index (χ1n) is 16.7. The number of aliphatic hydroxyl groups is 1. The second-order valence-electron chi connectivity index (χ2n) is 13.4. The molecule has 1 aromatic rings. The molecular weight excluding hydrogens is 496 g/mol. The molecule has 1 N–H and O–H groups in total. The van der Waals surface area contributed by atoms with E-state index in [9.17, 15) is 9.90 Å². The Balaban J connectivity index is 1.36. The topological polar surface area (TPSA) is 55.8 Å². The van der Waals surface area contributed by atoms with E-state index in [0.717, 1.165) is 23.5 Å². The molecule has 0 radical (unpaired) electrons. The molecule has 0 bridgehead atoms. The molecule has 3 aliphatic carbocycles. The summed E-state index contributed by atoms with van der Waals surface area (Å²) < 4.78 is 11.7. The van der Waals surface area contributed by atoms with Crippen LogP contribution in [-0.2, 0) is 9.53 Å². The number of carbonyl (C=O) groups excluding carboxylic acids is 1. The maximum absolute atomic E-state index is 11.8. The molecule has 0 heterocycles. The Kier molecular flexibility index (Phi) is 12.4. The first kappa shape index (κ1) is 31.1. The van der Waals surface area contributed by atoms with Crippen LogP contribution < -0.4 is 4.74 Å². The number of esters is 1. The minimum Gasteiger partial charge on any atom is -0.490 e. The van der Waals surface area contributed by atoms with Gasteiger partial charge in [-0.2, -0.15) is 0 Å². The van der Waals surface area contributed by atoms with Crippen molar-refractivity contribution in [1.29, 1.82) is 0 Å². The Morgan fingerprint density at radius 3 is 2.10 bits per heavy atom. The van der Waals surface area contributed by atoms with E-state index in [-0.39, 0.29) is 12.6 Å². The van der Waals surface area contributed by atoms with Crippen molar-refractivity contribution >= 4 is 5.97 Å². The molecule has 1 aromatic carbocycles. The summed E-state index contributed by atoms with van der Waals surface area (Å²) in [6.45, 7) is 8.65. The van der Waals surface area contributed by atoms with Crippen LogP contribution in [0.3, 0.4) is 0 Å². The molecule has 0 amide bonds. The van der Waals surface area contributed by atoms with E-state index in [1.165, 1.54) is 114 Å². The van der Waals surface area contributed by atoms with Gasteiger partial charge in [-0.3, -0.25) is 0 Å².